The van der Waals surface area contributed by atoms with E-state index in [-0.39, 0.29) is 5.92 Å². The Labute approximate surface area is 101 Å². The molecule has 4 nitrogen and oxygen atoms in total. The minimum absolute atomic E-state index is 0.287. The molecule has 0 saturated heterocycles. The number of rotatable bonds is 3. The second-order valence-corrected chi connectivity index (χ2v) is 4.33. The van der Waals surface area contributed by atoms with Gasteiger partial charge in [-0.25, -0.2) is 9.97 Å². The fraction of sp³-hybridized carbons (Fsp3) is 0.308. The van der Waals surface area contributed by atoms with Gasteiger partial charge in [0, 0.05) is 30.8 Å². The van der Waals surface area contributed by atoms with Crippen LogP contribution in [0.3, 0.4) is 0 Å². The third kappa shape index (κ3) is 3.00. The largest absolute Gasteiger partial charge is 0.384 e. The average Bonchev–Trinajstić information content (AvgIpc) is 2.29. The van der Waals surface area contributed by atoms with Crippen LogP contribution in [-0.4, -0.2) is 15.0 Å². The van der Waals surface area contributed by atoms with Crippen molar-refractivity contribution in [3.05, 3.63) is 47.7 Å². The molecule has 2 aromatic rings. The van der Waals surface area contributed by atoms with Gasteiger partial charge in [-0.3, -0.25) is 4.98 Å². The van der Waals surface area contributed by atoms with Crippen LogP contribution in [0.15, 0.2) is 30.6 Å². The zero-order chi connectivity index (χ0) is 12.3. The fourth-order valence-electron chi connectivity index (χ4n) is 1.60. The van der Waals surface area contributed by atoms with E-state index in [4.69, 9.17) is 5.73 Å². The Morgan fingerprint density at radius 3 is 2.53 bits per heavy atom. The first-order valence-corrected chi connectivity index (χ1v) is 5.67. The normalized spacial score (nSPS) is 10.8. The lowest BCUT2D eigenvalue weighted by Crippen LogP contribution is -2.05. The van der Waals surface area contributed by atoms with Crippen LogP contribution >= 0.6 is 0 Å². The zero-order valence-corrected chi connectivity index (χ0v) is 10.1. The van der Waals surface area contributed by atoms with Gasteiger partial charge in [-0.1, -0.05) is 13.8 Å². The maximum absolute atomic E-state index is 5.79. The predicted molar refractivity (Wildman–Crippen MR) is 67.6 cm³/mol. The highest BCUT2D eigenvalue weighted by Gasteiger charge is 2.07. The maximum Gasteiger partial charge on any atom is 0.133 e. The van der Waals surface area contributed by atoms with E-state index in [9.17, 15) is 0 Å². The Morgan fingerprint density at radius 1 is 1.18 bits per heavy atom. The second kappa shape index (κ2) is 4.91. The minimum atomic E-state index is 0.287. The van der Waals surface area contributed by atoms with Crippen LogP contribution in [0, 0.1) is 0 Å². The van der Waals surface area contributed by atoms with Crippen molar-refractivity contribution in [1.29, 1.82) is 0 Å². The molecule has 2 heterocycles. The van der Waals surface area contributed by atoms with Crippen molar-refractivity contribution in [2.45, 2.75) is 26.2 Å². The lowest BCUT2D eigenvalue weighted by molar-refractivity contribution is 0.764. The molecule has 2 N–H and O–H groups in total. The lowest BCUT2D eigenvalue weighted by Gasteiger charge is -2.08. The zero-order valence-electron chi connectivity index (χ0n) is 10.1. The van der Waals surface area contributed by atoms with Crippen LogP contribution in [0.5, 0.6) is 0 Å². The van der Waals surface area contributed by atoms with Crippen LogP contribution in [0.1, 0.15) is 36.8 Å². The van der Waals surface area contributed by atoms with Gasteiger partial charge in [0.2, 0.25) is 0 Å². The molecule has 0 atom stereocenters. The molecule has 0 amide bonds. The van der Waals surface area contributed by atoms with Gasteiger partial charge in [-0.05, 0) is 17.7 Å². The first-order valence-electron chi connectivity index (χ1n) is 5.67. The molecular formula is C13H16N4. The van der Waals surface area contributed by atoms with Crippen molar-refractivity contribution in [2.24, 2.45) is 0 Å². The summed E-state index contributed by atoms with van der Waals surface area (Å²) in [4.78, 5) is 12.7. The number of nitrogens with zero attached hydrogens (tertiary/aromatic N) is 3. The summed E-state index contributed by atoms with van der Waals surface area (Å²) in [5.74, 6) is 1.62. The molecule has 0 aliphatic heterocycles. The summed E-state index contributed by atoms with van der Waals surface area (Å²) < 4.78 is 0. The van der Waals surface area contributed by atoms with Crippen molar-refractivity contribution < 1.29 is 0 Å². The maximum atomic E-state index is 5.79. The molecule has 0 radical (unpaired) electrons. The van der Waals surface area contributed by atoms with Crippen molar-refractivity contribution >= 4 is 5.82 Å². The molecule has 0 spiro atoms. The second-order valence-electron chi connectivity index (χ2n) is 4.33. The number of anilines is 1. The third-order valence-corrected chi connectivity index (χ3v) is 2.47. The van der Waals surface area contributed by atoms with Gasteiger partial charge in [-0.2, -0.15) is 0 Å². The first-order chi connectivity index (χ1) is 8.15. The van der Waals surface area contributed by atoms with Crippen LogP contribution in [0.2, 0.25) is 0 Å². The number of aromatic nitrogens is 3. The molecule has 17 heavy (non-hydrogen) atoms. The van der Waals surface area contributed by atoms with Gasteiger partial charge in [0.15, 0.2) is 0 Å². The summed E-state index contributed by atoms with van der Waals surface area (Å²) in [6.45, 7) is 4.12. The number of hydrogen-bond acceptors (Lipinski definition) is 4. The van der Waals surface area contributed by atoms with Crippen molar-refractivity contribution in [3.63, 3.8) is 0 Å². The van der Waals surface area contributed by atoms with Gasteiger partial charge < -0.3 is 5.73 Å². The molecule has 0 unspecified atom stereocenters. The molecule has 0 bridgehead atoms. The minimum Gasteiger partial charge on any atom is -0.384 e. The lowest BCUT2D eigenvalue weighted by atomic mass is 10.1. The van der Waals surface area contributed by atoms with Crippen molar-refractivity contribution in [3.8, 4) is 0 Å². The highest BCUT2D eigenvalue weighted by Crippen LogP contribution is 2.14. The quantitative estimate of drug-likeness (QED) is 0.874. The summed E-state index contributed by atoms with van der Waals surface area (Å²) in [5.41, 5.74) is 7.91. The van der Waals surface area contributed by atoms with E-state index in [0.29, 0.717) is 5.82 Å². The number of nitrogens with two attached hydrogens (primary N) is 1. The van der Waals surface area contributed by atoms with E-state index in [0.717, 1.165) is 17.9 Å². The summed E-state index contributed by atoms with van der Waals surface area (Å²) >= 11 is 0. The number of nitrogen functional groups attached to an aromatic ring is 1. The van der Waals surface area contributed by atoms with Gasteiger partial charge in [0.05, 0.1) is 5.69 Å². The monoisotopic (exact) mass is 228 g/mol. The Hall–Kier alpha value is -1.97. The summed E-state index contributed by atoms with van der Waals surface area (Å²) in [6.07, 6.45) is 4.32. The smallest absolute Gasteiger partial charge is 0.133 e. The molecule has 0 saturated carbocycles. The molecule has 0 aromatic carbocycles. The molecular weight excluding hydrogens is 212 g/mol. The van der Waals surface area contributed by atoms with E-state index in [1.165, 1.54) is 5.56 Å². The van der Waals surface area contributed by atoms with Gasteiger partial charge in [0.1, 0.15) is 11.6 Å². The van der Waals surface area contributed by atoms with Crippen LogP contribution in [0.25, 0.3) is 0 Å². The van der Waals surface area contributed by atoms with Crippen LogP contribution < -0.4 is 5.73 Å². The van der Waals surface area contributed by atoms with Crippen molar-refractivity contribution in [1.82, 2.24) is 15.0 Å². The molecule has 88 valence electrons. The highest BCUT2D eigenvalue weighted by atomic mass is 14.9. The molecule has 4 heteroatoms. The molecule has 2 aromatic heterocycles. The average molecular weight is 228 g/mol. The molecule has 0 fully saturated rings. The Bertz CT molecular complexity index is 494. The van der Waals surface area contributed by atoms with Crippen LogP contribution in [-0.2, 0) is 6.42 Å². The van der Waals surface area contributed by atoms with E-state index in [1.54, 1.807) is 12.4 Å². The topological polar surface area (TPSA) is 64.7 Å². The van der Waals surface area contributed by atoms with Crippen molar-refractivity contribution in [2.75, 3.05) is 5.73 Å². The Morgan fingerprint density at radius 2 is 1.88 bits per heavy atom. The van der Waals surface area contributed by atoms with Crippen LogP contribution in [0.4, 0.5) is 5.82 Å². The fourth-order valence-corrected chi connectivity index (χ4v) is 1.60. The Balaban J connectivity index is 2.27. The van der Waals surface area contributed by atoms with Gasteiger partial charge in [0.25, 0.3) is 0 Å². The highest BCUT2D eigenvalue weighted by molar-refractivity contribution is 5.32. The SMILES string of the molecule is CC(C)c1nc(N)cc(Cc2ccncc2)n1. The van der Waals surface area contributed by atoms with Gasteiger partial charge >= 0.3 is 0 Å². The summed E-state index contributed by atoms with van der Waals surface area (Å²) in [7, 11) is 0. The number of pyridine rings is 1. The third-order valence-electron chi connectivity index (χ3n) is 2.47. The Kier molecular flexibility index (Phi) is 3.32. The van der Waals surface area contributed by atoms with E-state index < -0.39 is 0 Å². The molecule has 0 aliphatic carbocycles. The first kappa shape index (κ1) is 11.5. The van der Waals surface area contributed by atoms with E-state index in [2.05, 4.69) is 28.8 Å². The molecule has 0 aliphatic rings. The molecule has 2 rings (SSSR count). The van der Waals surface area contributed by atoms with E-state index >= 15 is 0 Å². The van der Waals surface area contributed by atoms with E-state index in [1.807, 2.05) is 18.2 Å². The summed E-state index contributed by atoms with van der Waals surface area (Å²) in [5, 5.41) is 0. The number of hydrogen-bond donors (Lipinski definition) is 1. The predicted octanol–water partition coefficient (Wildman–Crippen LogP) is 2.17. The van der Waals surface area contributed by atoms with Gasteiger partial charge in [-0.15, -0.1) is 0 Å². The summed E-state index contributed by atoms with van der Waals surface area (Å²) in [6, 6.07) is 5.78. The standard InChI is InChI=1S/C13H16N4/c1-9(2)13-16-11(8-12(14)17-13)7-10-3-5-15-6-4-10/h3-6,8-9H,7H2,1-2H3,(H2,14,16,17).